The first-order valence-electron chi connectivity index (χ1n) is 10.7. The molecule has 7 nitrogen and oxygen atoms in total. The van der Waals surface area contributed by atoms with Gasteiger partial charge < -0.3 is 20.3 Å². The predicted octanol–water partition coefficient (Wildman–Crippen LogP) is 4.52. The molecule has 0 saturated carbocycles. The molecule has 1 unspecified atom stereocenters. The standard InChI is InChI=1S/C23H33N3O4/c1-5-7-8-9-10-14-19(27)24-18-13-11-12-17(15-18)21-20(22(28)30-6-2)16(3)26(4)23(29)25-21/h11-13,15,21H,5-10,14H2,1-4H3,(H,24,27)(H,25,29). The van der Waals surface area contributed by atoms with Gasteiger partial charge in [-0.25, -0.2) is 9.59 Å². The number of carbonyl (C=O) groups is 3. The zero-order valence-corrected chi connectivity index (χ0v) is 18.4. The van der Waals surface area contributed by atoms with Crippen LogP contribution in [0.15, 0.2) is 35.5 Å². The molecule has 1 aromatic carbocycles. The van der Waals surface area contributed by atoms with Crippen molar-refractivity contribution in [2.24, 2.45) is 0 Å². The Morgan fingerprint density at radius 2 is 1.90 bits per heavy atom. The summed E-state index contributed by atoms with van der Waals surface area (Å²) < 4.78 is 5.21. The van der Waals surface area contributed by atoms with E-state index in [1.807, 2.05) is 6.07 Å². The molecule has 0 aliphatic carbocycles. The first-order chi connectivity index (χ1) is 14.4. The molecule has 0 spiro atoms. The van der Waals surface area contributed by atoms with Gasteiger partial charge in [0, 0.05) is 24.9 Å². The Hall–Kier alpha value is -2.83. The van der Waals surface area contributed by atoms with Gasteiger partial charge in [0.1, 0.15) is 0 Å². The number of amides is 3. The highest BCUT2D eigenvalue weighted by atomic mass is 16.5. The first kappa shape index (κ1) is 23.4. The Kier molecular flexibility index (Phi) is 8.89. The number of allylic oxidation sites excluding steroid dienone is 1. The topological polar surface area (TPSA) is 87.7 Å². The lowest BCUT2D eigenvalue weighted by Gasteiger charge is -2.33. The van der Waals surface area contributed by atoms with Gasteiger partial charge in [-0.15, -0.1) is 0 Å². The maximum absolute atomic E-state index is 12.6. The van der Waals surface area contributed by atoms with E-state index in [1.54, 1.807) is 39.1 Å². The number of ether oxygens (including phenoxy) is 1. The molecule has 0 fully saturated rings. The summed E-state index contributed by atoms with van der Waals surface area (Å²) in [6.07, 6.45) is 5.92. The van der Waals surface area contributed by atoms with Crippen LogP contribution in [0.3, 0.4) is 0 Å². The lowest BCUT2D eigenvalue weighted by atomic mass is 9.94. The molecule has 1 atom stereocenters. The summed E-state index contributed by atoms with van der Waals surface area (Å²) in [6.45, 7) is 5.87. The number of urea groups is 1. The lowest BCUT2D eigenvalue weighted by Crippen LogP contribution is -2.46. The molecule has 1 aliphatic rings. The van der Waals surface area contributed by atoms with Gasteiger partial charge >= 0.3 is 12.0 Å². The summed E-state index contributed by atoms with van der Waals surface area (Å²) in [6, 6.07) is 6.27. The number of nitrogens with zero attached hydrogens (tertiary/aromatic N) is 1. The first-order valence-corrected chi connectivity index (χ1v) is 10.7. The number of carbonyl (C=O) groups excluding carboxylic acids is 3. The zero-order chi connectivity index (χ0) is 22.1. The van der Waals surface area contributed by atoms with Crippen LogP contribution in [0.1, 0.15) is 70.9 Å². The maximum atomic E-state index is 12.6. The van der Waals surface area contributed by atoms with E-state index in [4.69, 9.17) is 4.74 Å². The van der Waals surface area contributed by atoms with E-state index in [2.05, 4.69) is 17.6 Å². The Labute approximate surface area is 178 Å². The Bertz CT molecular complexity index is 803. The van der Waals surface area contributed by atoms with E-state index in [1.165, 1.54) is 17.7 Å². The monoisotopic (exact) mass is 415 g/mol. The quantitative estimate of drug-likeness (QED) is 0.434. The van der Waals surface area contributed by atoms with Gasteiger partial charge in [0.25, 0.3) is 0 Å². The van der Waals surface area contributed by atoms with Crippen LogP contribution in [-0.4, -0.2) is 36.5 Å². The fourth-order valence-corrected chi connectivity index (χ4v) is 3.47. The van der Waals surface area contributed by atoms with Crippen molar-refractivity contribution >= 4 is 23.6 Å². The largest absolute Gasteiger partial charge is 0.463 e. The SMILES string of the molecule is CCCCCCCC(=O)Nc1cccc(C2NC(=O)N(C)C(C)=C2C(=O)OCC)c1. The average Bonchev–Trinajstić information content (AvgIpc) is 2.72. The maximum Gasteiger partial charge on any atom is 0.338 e. The van der Waals surface area contributed by atoms with Crippen LogP contribution in [0.25, 0.3) is 0 Å². The van der Waals surface area contributed by atoms with E-state index in [0.717, 1.165) is 19.3 Å². The average molecular weight is 416 g/mol. The molecule has 1 aromatic rings. The van der Waals surface area contributed by atoms with Crippen LogP contribution in [0.2, 0.25) is 0 Å². The summed E-state index contributed by atoms with van der Waals surface area (Å²) in [5, 5.41) is 5.77. The van der Waals surface area contributed by atoms with E-state index < -0.39 is 12.0 Å². The Morgan fingerprint density at radius 1 is 1.17 bits per heavy atom. The number of hydrogen-bond acceptors (Lipinski definition) is 4. The normalized spacial score (nSPS) is 16.3. The molecule has 3 amide bonds. The van der Waals surface area contributed by atoms with Crippen molar-refractivity contribution < 1.29 is 19.1 Å². The number of anilines is 1. The van der Waals surface area contributed by atoms with Gasteiger partial charge in [-0.05, 0) is 38.0 Å². The van der Waals surface area contributed by atoms with Crippen molar-refractivity contribution in [1.82, 2.24) is 10.2 Å². The molecule has 0 aromatic heterocycles. The smallest absolute Gasteiger partial charge is 0.338 e. The van der Waals surface area contributed by atoms with Gasteiger partial charge in [0.15, 0.2) is 0 Å². The second kappa shape index (κ2) is 11.4. The summed E-state index contributed by atoms with van der Waals surface area (Å²) in [5.41, 5.74) is 2.28. The highest BCUT2D eigenvalue weighted by Crippen LogP contribution is 2.31. The number of unbranched alkanes of at least 4 members (excludes halogenated alkanes) is 4. The van der Waals surface area contributed by atoms with Crippen LogP contribution < -0.4 is 10.6 Å². The summed E-state index contributed by atoms with van der Waals surface area (Å²) in [7, 11) is 1.61. The second-order valence-corrected chi connectivity index (χ2v) is 7.50. The van der Waals surface area contributed by atoms with Gasteiger partial charge in [0.2, 0.25) is 5.91 Å². The minimum Gasteiger partial charge on any atom is -0.463 e. The molecule has 0 radical (unpaired) electrons. The fraction of sp³-hybridized carbons (Fsp3) is 0.522. The molecular formula is C23H33N3O4. The van der Waals surface area contributed by atoms with Crippen molar-refractivity contribution in [1.29, 1.82) is 0 Å². The van der Waals surface area contributed by atoms with Crippen molar-refractivity contribution in [3.8, 4) is 0 Å². The molecule has 30 heavy (non-hydrogen) atoms. The summed E-state index contributed by atoms with van der Waals surface area (Å²) >= 11 is 0. The van der Waals surface area contributed by atoms with Crippen LogP contribution in [-0.2, 0) is 14.3 Å². The minimum atomic E-state index is -0.640. The molecule has 0 bridgehead atoms. The number of nitrogens with one attached hydrogen (secondary N) is 2. The highest BCUT2D eigenvalue weighted by molar-refractivity contribution is 5.95. The molecule has 2 rings (SSSR count). The van der Waals surface area contributed by atoms with Crippen molar-refractivity contribution in [2.45, 2.75) is 65.3 Å². The van der Waals surface area contributed by atoms with Gasteiger partial charge in [-0.2, -0.15) is 0 Å². The molecule has 0 saturated heterocycles. The molecule has 7 heteroatoms. The number of rotatable bonds is 10. The van der Waals surface area contributed by atoms with Crippen molar-refractivity contribution in [3.63, 3.8) is 0 Å². The third-order valence-electron chi connectivity index (χ3n) is 5.26. The summed E-state index contributed by atoms with van der Waals surface area (Å²) in [4.78, 5) is 38.6. The fourth-order valence-electron chi connectivity index (χ4n) is 3.47. The van der Waals surface area contributed by atoms with E-state index in [0.29, 0.717) is 28.9 Å². The number of benzene rings is 1. The molecule has 1 heterocycles. The van der Waals surface area contributed by atoms with Crippen LogP contribution in [0, 0.1) is 0 Å². The van der Waals surface area contributed by atoms with Gasteiger partial charge in [-0.1, -0.05) is 44.7 Å². The van der Waals surface area contributed by atoms with Crippen LogP contribution >= 0.6 is 0 Å². The third kappa shape index (κ3) is 6.08. The minimum absolute atomic E-state index is 0.0339. The molecular weight excluding hydrogens is 382 g/mol. The van der Waals surface area contributed by atoms with Crippen LogP contribution in [0.4, 0.5) is 10.5 Å². The van der Waals surface area contributed by atoms with Gasteiger partial charge in [-0.3, -0.25) is 4.79 Å². The predicted molar refractivity (Wildman–Crippen MR) is 117 cm³/mol. The molecule has 1 aliphatic heterocycles. The van der Waals surface area contributed by atoms with E-state index in [9.17, 15) is 14.4 Å². The second-order valence-electron chi connectivity index (χ2n) is 7.50. The van der Waals surface area contributed by atoms with E-state index >= 15 is 0 Å². The molecule has 164 valence electrons. The van der Waals surface area contributed by atoms with Crippen molar-refractivity contribution in [3.05, 3.63) is 41.1 Å². The third-order valence-corrected chi connectivity index (χ3v) is 5.26. The lowest BCUT2D eigenvalue weighted by molar-refractivity contribution is -0.139. The summed E-state index contributed by atoms with van der Waals surface area (Å²) in [5.74, 6) is -0.498. The molecule has 2 N–H and O–H groups in total. The zero-order valence-electron chi connectivity index (χ0n) is 18.4. The highest BCUT2D eigenvalue weighted by Gasteiger charge is 2.35. The Morgan fingerprint density at radius 3 is 2.60 bits per heavy atom. The van der Waals surface area contributed by atoms with E-state index in [-0.39, 0.29) is 18.5 Å². The van der Waals surface area contributed by atoms with Crippen molar-refractivity contribution in [2.75, 3.05) is 19.0 Å². The number of hydrogen-bond donors (Lipinski definition) is 2. The van der Waals surface area contributed by atoms with Gasteiger partial charge in [0.05, 0.1) is 18.2 Å². The number of esters is 1. The van der Waals surface area contributed by atoms with Crippen LogP contribution in [0.5, 0.6) is 0 Å². The Balaban J connectivity index is 2.15.